The molecule has 0 spiro atoms. The van der Waals surface area contributed by atoms with Crippen molar-refractivity contribution in [3.05, 3.63) is 64.2 Å². The van der Waals surface area contributed by atoms with Crippen molar-refractivity contribution in [1.29, 1.82) is 0 Å². The van der Waals surface area contributed by atoms with Crippen molar-refractivity contribution in [2.24, 2.45) is 0 Å². The molecular weight excluding hydrogens is 352 g/mol. The molecule has 8 nitrogen and oxygen atoms in total. The molecule has 1 N–H and O–H groups in total. The van der Waals surface area contributed by atoms with Crippen LogP contribution in [0.2, 0.25) is 0 Å². The zero-order valence-corrected chi connectivity index (χ0v) is 15.4. The number of ether oxygens (including phenoxy) is 3. The van der Waals surface area contributed by atoms with Crippen LogP contribution in [-0.4, -0.2) is 44.3 Å². The summed E-state index contributed by atoms with van der Waals surface area (Å²) in [6, 6.07) is 11.3. The van der Waals surface area contributed by atoms with E-state index in [-0.39, 0.29) is 6.42 Å². The molecule has 0 saturated carbocycles. The Kier molecular flexibility index (Phi) is 6.99. The number of rotatable bonds is 9. The summed E-state index contributed by atoms with van der Waals surface area (Å²) in [6.07, 6.45) is 0.0555. The minimum absolute atomic E-state index is 0.0555. The fourth-order valence-electron chi connectivity index (χ4n) is 2.62. The van der Waals surface area contributed by atoms with Crippen LogP contribution in [0.5, 0.6) is 11.5 Å². The minimum Gasteiger partial charge on any atom is -0.497 e. The van der Waals surface area contributed by atoms with Crippen LogP contribution < -0.4 is 14.8 Å². The zero-order chi connectivity index (χ0) is 19.8. The van der Waals surface area contributed by atoms with E-state index in [0.717, 1.165) is 0 Å². The minimum atomic E-state index is -1.21. The lowest BCUT2D eigenvalue weighted by molar-refractivity contribution is -0.522. The van der Waals surface area contributed by atoms with E-state index in [1.807, 2.05) is 0 Å². The third-order valence-corrected chi connectivity index (χ3v) is 4.13. The Balaban J connectivity index is 2.25. The Morgan fingerprint density at radius 2 is 1.52 bits per heavy atom. The van der Waals surface area contributed by atoms with Crippen molar-refractivity contribution in [2.45, 2.75) is 18.5 Å². The lowest BCUT2D eigenvalue weighted by atomic mass is 9.99. The van der Waals surface area contributed by atoms with Gasteiger partial charge in [0.25, 0.3) is 0 Å². The first-order valence-electron chi connectivity index (χ1n) is 8.23. The molecule has 0 amide bonds. The molecule has 0 aliphatic heterocycles. The first-order valence-corrected chi connectivity index (χ1v) is 8.23. The first-order chi connectivity index (χ1) is 13.0. The standard InChI is InChI=1S/C19H22N2O6/c1-25-15-8-4-13(5-9-15)12-17(21(23)24)18(19(22)27-3)20-14-6-10-16(26-2)11-7-14/h4-11,17-18,20H,12H2,1-3H3/t17-,18-/m1/s1. The van der Waals surface area contributed by atoms with Crippen LogP contribution in [0.3, 0.4) is 0 Å². The van der Waals surface area contributed by atoms with Crippen molar-refractivity contribution >= 4 is 11.7 Å². The average Bonchev–Trinajstić information content (AvgIpc) is 2.70. The number of benzene rings is 2. The molecule has 8 heteroatoms. The van der Waals surface area contributed by atoms with Gasteiger partial charge in [-0.05, 0) is 42.0 Å². The van der Waals surface area contributed by atoms with Gasteiger partial charge in [-0.1, -0.05) is 12.1 Å². The molecule has 0 fully saturated rings. The number of methoxy groups -OCH3 is 3. The van der Waals surface area contributed by atoms with Gasteiger partial charge in [0, 0.05) is 17.0 Å². The first kappa shape index (κ1) is 20.0. The van der Waals surface area contributed by atoms with Crippen molar-refractivity contribution < 1.29 is 23.9 Å². The second-order valence-corrected chi connectivity index (χ2v) is 5.78. The molecule has 27 heavy (non-hydrogen) atoms. The highest BCUT2D eigenvalue weighted by molar-refractivity contribution is 5.80. The average molecular weight is 374 g/mol. The summed E-state index contributed by atoms with van der Waals surface area (Å²) in [5.41, 5.74) is 1.26. The van der Waals surface area contributed by atoms with Gasteiger partial charge in [0.05, 0.1) is 21.3 Å². The highest BCUT2D eigenvalue weighted by Gasteiger charge is 2.38. The van der Waals surface area contributed by atoms with Crippen molar-refractivity contribution in [3.63, 3.8) is 0 Å². The maximum atomic E-state index is 12.2. The van der Waals surface area contributed by atoms with Gasteiger partial charge >= 0.3 is 5.97 Å². The SMILES string of the molecule is COC(=O)[C@H](Nc1ccc(OC)cc1)[C@@H](Cc1ccc(OC)cc1)[N+](=O)[O-]. The molecule has 0 aromatic heterocycles. The third-order valence-electron chi connectivity index (χ3n) is 4.13. The largest absolute Gasteiger partial charge is 0.497 e. The number of hydrogen-bond donors (Lipinski definition) is 1. The second-order valence-electron chi connectivity index (χ2n) is 5.78. The topological polar surface area (TPSA) is 99.9 Å². The summed E-state index contributed by atoms with van der Waals surface area (Å²) in [5.74, 6) is 0.581. The highest BCUT2D eigenvalue weighted by atomic mass is 16.6. The van der Waals surface area contributed by atoms with Gasteiger partial charge in [-0.2, -0.15) is 0 Å². The molecule has 0 unspecified atom stereocenters. The van der Waals surface area contributed by atoms with E-state index in [0.29, 0.717) is 22.7 Å². The number of carbonyl (C=O) groups excluding carboxylic acids is 1. The molecule has 144 valence electrons. The molecule has 0 saturated heterocycles. The zero-order valence-electron chi connectivity index (χ0n) is 15.4. The number of esters is 1. The summed E-state index contributed by atoms with van der Waals surface area (Å²) < 4.78 is 15.0. The highest BCUT2D eigenvalue weighted by Crippen LogP contribution is 2.20. The van der Waals surface area contributed by atoms with Gasteiger partial charge in [-0.15, -0.1) is 0 Å². The predicted molar refractivity (Wildman–Crippen MR) is 99.9 cm³/mol. The molecule has 2 aromatic carbocycles. The van der Waals surface area contributed by atoms with Crippen molar-refractivity contribution in [3.8, 4) is 11.5 Å². The van der Waals surface area contributed by atoms with E-state index in [1.54, 1.807) is 55.6 Å². The molecule has 2 atom stereocenters. The maximum Gasteiger partial charge on any atom is 0.335 e. The predicted octanol–water partition coefficient (Wildman–Crippen LogP) is 2.55. The van der Waals surface area contributed by atoms with Gasteiger partial charge in [-0.25, -0.2) is 4.79 Å². The summed E-state index contributed by atoms with van der Waals surface area (Å²) in [6.45, 7) is 0. The summed E-state index contributed by atoms with van der Waals surface area (Å²) >= 11 is 0. The van der Waals surface area contributed by atoms with Crippen LogP contribution >= 0.6 is 0 Å². The summed E-state index contributed by atoms with van der Waals surface area (Å²) in [7, 11) is 4.29. The number of nitrogens with one attached hydrogen (secondary N) is 1. The molecular formula is C19H22N2O6. The van der Waals surface area contributed by atoms with Crippen LogP contribution in [0.4, 0.5) is 5.69 Å². The number of nitro groups is 1. The van der Waals surface area contributed by atoms with Gasteiger partial charge in [0.15, 0.2) is 6.04 Å². The van der Waals surface area contributed by atoms with Crippen molar-refractivity contribution in [1.82, 2.24) is 0 Å². The van der Waals surface area contributed by atoms with Crippen LogP contribution in [0.15, 0.2) is 48.5 Å². The molecule has 0 bridgehead atoms. The smallest absolute Gasteiger partial charge is 0.335 e. The van der Waals surface area contributed by atoms with Crippen LogP contribution in [0.1, 0.15) is 5.56 Å². The van der Waals surface area contributed by atoms with E-state index in [2.05, 4.69) is 5.32 Å². The van der Waals surface area contributed by atoms with E-state index in [9.17, 15) is 14.9 Å². The van der Waals surface area contributed by atoms with E-state index < -0.39 is 23.0 Å². The second kappa shape index (κ2) is 9.42. The van der Waals surface area contributed by atoms with E-state index >= 15 is 0 Å². The molecule has 0 radical (unpaired) electrons. The number of hydrogen-bond acceptors (Lipinski definition) is 7. The molecule has 0 heterocycles. The lowest BCUT2D eigenvalue weighted by Gasteiger charge is -2.21. The Hall–Kier alpha value is -3.29. The lowest BCUT2D eigenvalue weighted by Crippen LogP contribution is -2.47. The van der Waals surface area contributed by atoms with Crippen LogP contribution in [0, 0.1) is 10.1 Å². The van der Waals surface area contributed by atoms with Crippen LogP contribution in [0.25, 0.3) is 0 Å². The Morgan fingerprint density at radius 1 is 1.00 bits per heavy atom. The van der Waals surface area contributed by atoms with Crippen molar-refractivity contribution in [2.75, 3.05) is 26.6 Å². The Labute approximate surface area is 157 Å². The fraction of sp³-hybridized carbons (Fsp3) is 0.316. The van der Waals surface area contributed by atoms with Gasteiger partial charge < -0.3 is 19.5 Å². The summed E-state index contributed by atoms with van der Waals surface area (Å²) in [4.78, 5) is 23.5. The van der Waals surface area contributed by atoms with Gasteiger partial charge in [0.1, 0.15) is 11.5 Å². The molecule has 2 aromatic rings. The monoisotopic (exact) mass is 374 g/mol. The number of nitrogens with zero attached hydrogens (tertiary/aromatic N) is 1. The maximum absolute atomic E-state index is 12.2. The fourth-order valence-corrected chi connectivity index (χ4v) is 2.62. The third kappa shape index (κ3) is 5.34. The number of carbonyl (C=O) groups is 1. The molecule has 2 rings (SSSR count). The summed E-state index contributed by atoms with van der Waals surface area (Å²) in [5, 5.41) is 14.6. The Morgan fingerprint density at radius 3 is 1.96 bits per heavy atom. The molecule has 0 aliphatic carbocycles. The van der Waals surface area contributed by atoms with Gasteiger partial charge in [0.2, 0.25) is 6.04 Å². The van der Waals surface area contributed by atoms with Gasteiger partial charge in [-0.3, -0.25) is 10.1 Å². The van der Waals surface area contributed by atoms with E-state index in [4.69, 9.17) is 14.2 Å². The van der Waals surface area contributed by atoms with Crippen LogP contribution in [-0.2, 0) is 16.0 Å². The van der Waals surface area contributed by atoms with E-state index in [1.165, 1.54) is 14.2 Å². The number of anilines is 1. The quantitative estimate of drug-likeness (QED) is 0.409. The normalized spacial score (nSPS) is 12.6. The Bertz CT molecular complexity index is 761. The molecule has 0 aliphatic rings.